The van der Waals surface area contributed by atoms with Crippen molar-refractivity contribution in [2.45, 2.75) is 117 Å². The van der Waals surface area contributed by atoms with Crippen LogP contribution in [-0.2, 0) is 0 Å². The van der Waals surface area contributed by atoms with Gasteiger partial charge < -0.3 is 4.90 Å². The monoisotopic (exact) mass is 405 g/mol. The van der Waals surface area contributed by atoms with E-state index in [-0.39, 0.29) is 5.41 Å². The summed E-state index contributed by atoms with van der Waals surface area (Å²) in [6.07, 6.45) is 4.79. The van der Waals surface area contributed by atoms with E-state index in [9.17, 15) is 0 Å². The molecule has 1 heterocycles. The van der Waals surface area contributed by atoms with Crippen LogP contribution in [-0.4, -0.2) is 10.9 Å². The number of hydrogen-bond donors (Lipinski definition) is 0. The van der Waals surface area contributed by atoms with Gasteiger partial charge in [-0.05, 0) is 54.1 Å². The summed E-state index contributed by atoms with van der Waals surface area (Å²) in [5.41, 5.74) is 6.14. The van der Waals surface area contributed by atoms with Crippen molar-refractivity contribution >= 4 is 0 Å². The molecule has 0 unspecified atom stereocenters. The van der Waals surface area contributed by atoms with Crippen LogP contribution in [0.15, 0.2) is 34.7 Å². The van der Waals surface area contributed by atoms with Gasteiger partial charge in [0.25, 0.3) is 0 Å². The van der Waals surface area contributed by atoms with E-state index in [2.05, 4.69) is 114 Å². The molecule has 0 aromatic rings. The van der Waals surface area contributed by atoms with Crippen LogP contribution in [0.4, 0.5) is 0 Å². The minimum atomic E-state index is 0.151. The second kappa shape index (κ2) is 13.3. The van der Waals surface area contributed by atoms with Crippen molar-refractivity contribution in [2.75, 3.05) is 0 Å². The van der Waals surface area contributed by atoms with Crippen molar-refractivity contribution in [1.82, 2.24) is 4.90 Å². The molecule has 1 nitrogen and oxygen atoms in total. The highest BCUT2D eigenvalue weighted by Gasteiger charge is 2.32. The lowest BCUT2D eigenvalue weighted by molar-refractivity contribution is 0.279. The van der Waals surface area contributed by atoms with Crippen LogP contribution >= 0.6 is 0 Å². The van der Waals surface area contributed by atoms with Crippen LogP contribution in [0, 0.1) is 29.1 Å². The van der Waals surface area contributed by atoms with Crippen LogP contribution < -0.4 is 0 Å². The van der Waals surface area contributed by atoms with Crippen molar-refractivity contribution in [1.29, 1.82) is 0 Å². The average Bonchev–Trinajstić information content (AvgIpc) is 2.73. The smallest absolute Gasteiger partial charge is 0.0279 e. The van der Waals surface area contributed by atoms with Gasteiger partial charge in [0.2, 0.25) is 0 Å². The molecule has 0 fully saturated rings. The summed E-state index contributed by atoms with van der Waals surface area (Å²) in [4.78, 5) is 2.64. The molecule has 0 aromatic carbocycles. The van der Waals surface area contributed by atoms with E-state index in [1.165, 1.54) is 22.5 Å². The molecule has 1 rings (SSSR count). The number of nitrogens with zero attached hydrogens (tertiary/aromatic N) is 1. The highest BCUT2D eigenvalue weighted by Crippen LogP contribution is 2.41. The molecule has 172 valence electrons. The first-order valence-electron chi connectivity index (χ1n) is 12.1. The van der Waals surface area contributed by atoms with Crippen molar-refractivity contribution in [3.05, 3.63) is 34.7 Å². The van der Waals surface area contributed by atoms with Crippen LogP contribution in [0.25, 0.3) is 0 Å². The summed E-state index contributed by atoms with van der Waals surface area (Å²) < 4.78 is 0. The maximum Gasteiger partial charge on any atom is 0.0279 e. The van der Waals surface area contributed by atoms with E-state index in [0.717, 1.165) is 5.92 Å². The SMILES string of the molecule is CC.CC(C)C.CC(C)C1=C(C(C)C)N(C(C)C)C(C(C)C)=C(C(C)(C)C)C=C1. The predicted octanol–water partition coefficient (Wildman–Crippen LogP) is 9.48. The summed E-state index contributed by atoms with van der Waals surface area (Å²) >= 11 is 0. The Bertz CT molecular complexity index is 543. The Morgan fingerprint density at radius 1 is 0.621 bits per heavy atom. The summed E-state index contributed by atoms with van der Waals surface area (Å²) in [7, 11) is 0. The zero-order chi connectivity index (χ0) is 23.7. The van der Waals surface area contributed by atoms with Gasteiger partial charge in [0.05, 0.1) is 0 Å². The van der Waals surface area contributed by atoms with Gasteiger partial charge in [0, 0.05) is 17.4 Å². The number of rotatable bonds is 4. The molecule has 0 saturated carbocycles. The standard InChI is InChI=1S/C22H39N.C4H10.C2H6/c1-14(2)18-12-13-19(22(9,10)11)21(16(5)6)23(17(7)8)20(18)15(3)4;1-4(2)3;1-2/h12-17H,1-11H3;4H,1-3H3;1-2H3. The molecule has 0 spiro atoms. The van der Waals surface area contributed by atoms with Crippen LogP contribution in [0.5, 0.6) is 0 Å². The summed E-state index contributed by atoms with van der Waals surface area (Å²) in [6.45, 7) is 36.1. The highest BCUT2D eigenvalue weighted by molar-refractivity contribution is 5.43. The van der Waals surface area contributed by atoms with Crippen LogP contribution in [0.1, 0.15) is 111 Å². The number of allylic oxidation sites excluding steroid dienone is 6. The van der Waals surface area contributed by atoms with Gasteiger partial charge in [0.15, 0.2) is 0 Å². The quantitative estimate of drug-likeness (QED) is 0.450. The lowest BCUT2D eigenvalue weighted by Gasteiger charge is -2.41. The third-order valence-electron chi connectivity index (χ3n) is 4.56. The van der Waals surface area contributed by atoms with Crippen LogP contribution in [0.2, 0.25) is 0 Å². The average molecular weight is 406 g/mol. The molecule has 0 aromatic heterocycles. The van der Waals surface area contributed by atoms with Gasteiger partial charge in [-0.25, -0.2) is 0 Å². The molecule has 0 radical (unpaired) electrons. The van der Waals surface area contributed by atoms with Crippen molar-refractivity contribution in [2.24, 2.45) is 29.1 Å². The lowest BCUT2D eigenvalue weighted by atomic mass is 9.82. The van der Waals surface area contributed by atoms with Gasteiger partial charge in [0.1, 0.15) is 0 Å². The first-order valence-corrected chi connectivity index (χ1v) is 12.1. The van der Waals surface area contributed by atoms with Gasteiger partial charge in [-0.2, -0.15) is 0 Å². The normalized spacial score (nSPS) is 15.3. The first kappa shape index (κ1) is 30.2. The molecule has 1 aliphatic rings. The Labute approximate surface area is 185 Å². The third-order valence-corrected chi connectivity index (χ3v) is 4.56. The fourth-order valence-electron chi connectivity index (χ4n) is 3.62. The zero-order valence-electron chi connectivity index (χ0n) is 23.0. The largest absolute Gasteiger partial charge is 0.345 e. The summed E-state index contributed by atoms with van der Waals surface area (Å²) in [6, 6.07) is 0.468. The Morgan fingerprint density at radius 3 is 1.24 bits per heavy atom. The Kier molecular flexibility index (Phi) is 13.9. The maximum absolute atomic E-state index is 2.64. The predicted molar refractivity (Wildman–Crippen MR) is 136 cm³/mol. The third kappa shape index (κ3) is 9.58. The number of hydrogen-bond acceptors (Lipinski definition) is 1. The van der Waals surface area contributed by atoms with Crippen molar-refractivity contribution in [3.63, 3.8) is 0 Å². The fourth-order valence-corrected chi connectivity index (χ4v) is 3.62. The molecule has 0 amide bonds. The lowest BCUT2D eigenvalue weighted by Crippen LogP contribution is -2.36. The molecule has 29 heavy (non-hydrogen) atoms. The topological polar surface area (TPSA) is 3.24 Å². The first-order chi connectivity index (χ1) is 13.1. The molecular formula is C28H55N. The van der Waals surface area contributed by atoms with Gasteiger partial charge >= 0.3 is 0 Å². The van der Waals surface area contributed by atoms with E-state index < -0.39 is 0 Å². The molecular weight excluding hydrogens is 350 g/mol. The van der Waals surface area contributed by atoms with Crippen molar-refractivity contribution < 1.29 is 0 Å². The molecule has 0 N–H and O–H groups in total. The van der Waals surface area contributed by atoms with Crippen LogP contribution in [0.3, 0.4) is 0 Å². The Morgan fingerprint density at radius 2 is 1.00 bits per heavy atom. The van der Waals surface area contributed by atoms with Gasteiger partial charge in [-0.1, -0.05) is 109 Å². The van der Waals surface area contributed by atoms with E-state index in [4.69, 9.17) is 0 Å². The fraction of sp³-hybridized carbons (Fsp3) is 0.786. The molecule has 0 atom stereocenters. The molecule has 0 saturated heterocycles. The molecule has 0 aliphatic carbocycles. The summed E-state index contributed by atoms with van der Waals surface area (Å²) in [5.74, 6) is 2.40. The minimum absolute atomic E-state index is 0.151. The maximum atomic E-state index is 2.64. The summed E-state index contributed by atoms with van der Waals surface area (Å²) in [5, 5.41) is 0. The van der Waals surface area contributed by atoms with E-state index in [0.29, 0.717) is 23.8 Å². The minimum Gasteiger partial charge on any atom is -0.345 e. The zero-order valence-corrected chi connectivity index (χ0v) is 23.0. The molecule has 1 heteroatoms. The van der Waals surface area contributed by atoms with E-state index in [1.807, 2.05) is 13.8 Å². The highest BCUT2D eigenvalue weighted by atomic mass is 15.2. The van der Waals surface area contributed by atoms with Gasteiger partial charge in [-0.3, -0.25) is 0 Å². The molecule has 1 aliphatic heterocycles. The van der Waals surface area contributed by atoms with E-state index >= 15 is 0 Å². The Hall–Kier alpha value is -0.980. The Balaban J connectivity index is 0. The second-order valence-electron chi connectivity index (χ2n) is 10.9. The second-order valence-corrected chi connectivity index (χ2v) is 10.9. The van der Waals surface area contributed by atoms with E-state index in [1.54, 1.807) is 0 Å². The van der Waals surface area contributed by atoms with Gasteiger partial charge in [-0.15, -0.1) is 0 Å². The molecule has 0 bridgehead atoms. The van der Waals surface area contributed by atoms with Crippen molar-refractivity contribution in [3.8, 4) is 0 Å².